The first-order valence-electron chi connectivity index (χ1n) is 8.68. The van der Waals surface area contributed by atoms with Gasteiger partial charge >= 0.3 is 0 Å². The number of hydrogen-bond donors (Lipinski definition) is 1. The Bertz CT molecular complexity index is 917. The summed E-state index contributed by atoms with van der Waals surface area (Å²) in [5.41, 5.74) is 2.62. The van der Waals surface area contributed by atoms with Crippen LogP contribution >= 0.6 is 0 Å². The number of amides is 1. The van der Waals surface area contributed by atoms with Crippen LogP contribution in [0.3, 0.4) is 0 Å². The lowest BCUT2D eigenvalue weighted by molar-refractivity contribution is -0.119. The maximum absolute atomic E-state index is 13.7. The minimum atomic E-state index is -0.416. The Morgan fingerprint density at radius 1 is 1.04 bits per heavy atom. The fraction of sp³-hybridized carbons (Fsp3) is 0.238. The van der Waals surface area contributed by atoms with Gasteiger partial charge < -0.3 is 5.11 Å². The summed E-state index contributed by atoms with van der Waals surface area (Å²) in [6, 6.07) is 12.5. The molecule has 0 bridgehead atoms. The van der Waals surface area contributed by atoms with E-state index < -0.39 is 5.82 Å². The highest BCUT2D eigenvalue weighted by Crippen LogP contribution is 2.43. The van der Waals surface area contributed by atoms with Gasteiger partial charge in [-0.15, -0.1) is 0 Å². The number of benzene rings is 2. The number of ketones is 1. The van der Waals surface area contributed by atoms with Crippen LogP contribution in [0.2, 0.25) is 0 Å². The zero-order valence-electron chi connectivity index (χ0n) is 14.1. The van der Waals surface area contributed by atoms with E-state index >= 15 is 0 Å². The molecule has 2 aliphatic rings. The van der Waals surface area contributed by atoms with E-state index in [0.29, 0.717) is 36.2 Å². The topological polar surface area (TPSA) is 57.6 Å². The van der Waals surface area contributed by atoms with Crippen LogP contribution in [0.4, 0.5) is 10.1 Å². The smallest absolute Gasteiger partial charge is 0.232 e. The molecule has 1 heterocycles. The number of nitrogens with zero attached hydrogens (tertiary/aromatic N) is 1. The van der Waals surface area contributed by atoms with Crippen LogP contribution in [0.1, 0.15) is 37.2 Å². The minimum Gasteiger partial charge on any atom is -0.508 e. The Labute approximate surface area is 150 Å². The standard InChI is InChI=1S/C21H18FNO3/c22-14-3-1-4-15(11-14)23-18-5-2-6-19(25)21(18)17(12-20(23)26)13-7-9-16(24)10-8-13/h1,3-4,7-11,17,24H,2,5-6,12H2. The summed E-state index contributed by atoms with van der Waals surface area (Å²) in [6.45, 7) is 0. The van der Waals surface area contributed by atoms with E-state index in [2.05, 4.69) is 0 Å². The zero-order valence-corrected chi connectivity index (χ0v) is 14.1. The van der Waals surface area contributed by atoms with Crippen LogP contribution in [0.5, 0.6) is 5.75 Å². The summed E-state index contributed by atoms with van der Waals surface area (Å²) >= 11 is 0. The van der Waals surface area contributed by atoms with E-state index in [9.17, 15) is 19.1 Å². The number of carbonyl (C=O) groups excluding carboxylic acids is 2. The molecule has 0 aromatic heterocycles. The lowest BCUT2D eigenvalue weighted by Gasteiger charge is -2.38. The Kier molecular flexibility index (Phi) is 4.07. The first-order valence-corrected chi connectivity index (χ1v) is 8.68. The van der Waals surface area contributed by atoms with Gasteiger partial charge in [0.2, 0.25) is 5.91 Å². The number of halogens is 1. The second kappa shape index (κ2) is 6.41. The number of phenolic OH excluding ortho intramolecular Hbond substituents is 1. The number of anilines is 1. The van der Waals surface area contributed by atoms with Gasteiger partial charge in [-0.3, -0.25) is 14.5 Å². The van der Waals surface area contributed by atoms with E-state index in [1.54, 1.807) is 36.4 Å². The third kappa shape index (κ3) is 2.79. The summed E-state index contributed by atoms with van der Waals surface area (Å²) in [5, 5.41) is 9.52. The first-order chi connectivity index (χ1) is 12.5. The molecule has 1 aliphatic heterocycles. The molecule has 2 aromatic carbocycles. The van der Waals surface area contributed by atoms with Crippen molar-refractivity contribution in [2.24, 2.45) is 0 Å². The van der Waals surface area contributed by atoms with Crippen molar-refractivity contribution in [2.45, 2.75) is 31.6 Å². The quantitative estimate of drug-likeness (QED) is 0.888. The van der Waals surface area contributed by atoms with Crippen LogP contribution in [0.15, 0.2) is 59.8 Å². The molecule has 0 radical (unpaired) electrons. The molecule has 26 heavy (non-hydrogen) atoms. The lowest BCUT2D eigenvalue weighted by Crippen LogP contribution is -2.40. The lowest BCUT2D eigenvalue weighted by atomic mass is 9.77. The molecule has 4 nitrogen and oxygen atoms in total. The fourth-order valence-corrected chi connectivity index (χ4v) is 3.90. The number of phenols is 1. The highest BCUT2D eigenvalue weighted by molar-refractivity contribution is 6.07. The Balaban J connectivity index is 1.85. The van der Waals surface area contributed by atoms with Gasteiger partial charge in [-0.25, -0.2) is 4.39 Å². The molecule has 0 fully saturated rings. The molecule has 4 rings (SSSR count). The molecule has 1 unspecified atom stereocenters. The second-order valence-electron chi connectivity index (χ2n) is 6.69. The predicted molar refractivity (Wildman–Crippen MR) is 95.2 cm³/mol. The highest BCUT2D eigenvalue weighted by atomic mass is 19.1. The number of hydrogen-bond acceptors (Lipinski definition) is 3. The highest BCUT2D eigenvalue weighted by Gasteiger charge is 2.39. The van der Waals surface area contributed by atoms with E-state index in [1.165, 1.54) is 17.0 Å². The van der Waals surface area contributed by atoms with Crippen molar-refractivity contribution in [1.29, 1.82) is 0 Å². The van der Waals surface area contributed by atoms with Gasteiger partial charge in [0.05, 0.1) is 5.69 Å². The van der Waals surface area contributed by atoms with Crippen LogP contribution in [0.25, 0.3) is 0 Å². The average Bonchev–Trinajstić information content (AvgIpc) is 2.62. The first kappa shape index (κ1) is 16.5. The molecule has 1 atom stereocenters. The minimum absolute atomic E-state index is 0.0400. The van der Waals surface area contributed by atoms with Gasteiger partial charge in [-0.1, -0.05) is 18.2 Å². The van der Waals surface area contributed by atoms with Crippen LogP contribution in [-0.2, 0) is 9.59 Å². The summed E-state index contributed by atoms with van der Waals surface area (Å²) in [5.74, 6) is -0.710. The summed E-state index contributed by atoms with van der Waals surface area (Å²) in [6.07, 6.45) is 1.89. The van der Waals surface area contributed by atoms with Crippen molar-refractivity contribution in [2.75, 3.05) is 4.90 Å². The molecule has 0 spiro atoms. The number of rotatable bonds is 2. The van der Waals surface area contributed by atoms with Crippen molar-refractivity contribution in [3.8, 4) is 5.75 Å². The van der Waals surface area contributed by atoms with Gasteiger partial charge in [0.25, 0.3) is 0 Å². The third-order valence-electron chi connectivity index (χ3n) is 5.04. The largest absolute Gasteiger partial charge is 0.508 e. The van der Waals surface area contributed by atoms with Crippen LogP contribution in [-0.4, -0.2) is 16.8 Å². The van der Waals surface area contributed by atoms with Crippen molar-refractivity contribution < 1.29 is 19.1 Å². The van der Waals surface area contributed by atoms with Crippen LogP contribution < -0.4 is 4.90 Å². The molecule has 2 aromatic rings. The molecule has 1 N–H and O–H groups in total. The molecule has 132 valence electrons. The Hall–Kier alpha value is -2.95. The van der Waals surface area contributed by atoms with E-state index in [1.807, 2.05) is 0 Å². The van der Waals surface area contributed by atoms with E-state index in [4.69, 9.17) is 0 Å². The molecule has 1 aliphatic carbocycles. The van der Waals surface area contributed by atoms with E-state index in [-0.39, 0.29) is 29.8 Å². The maximum Gasteiger partial charge on any atom is 0.232 e. The molecule has 5 heteroatoms. The summed E-state index contributed by atoms with van der Waals surface area (Å²) in [4.78, 5) is 27.1. The SMILES string of the molecule is O=C1CCCC2=C1C(c1ccc(O)cc1)CC(=O)N2c1cccc(F)c1. The fourth-order valence-electron chi connectivity index (χ4n) is 3.90. The number of Topliss-reactive ketones (excluding diaryl/α,β-unsaturated/α-hetero) is 1. The number of allylic oxidation sites excluding steroid dienone is 2. The average molecular weight is 351 g/mol. The third-order valence-corrected chi connectivity index (χ3v) is 5.04. The number of carbonyl (C=O) groups is 2. The van der Waals surface area contributed by atoms with Gasteiger partial charge in [0.15, 0.2) is 5.78 Å². The summed E-state index contributed by atoms with van der Waals surface area (Å²) in [7, 11) is 0. The monoisotopic (exact) mass is 351 g/mol. The molecular formula is C21H18FNO3. The molecule has 1 amide bonds. The van der Waals surface area contributed by atoms with Crippen molar-refractivity contribution in [1.82, 2.24) is 0 Å². The normalized spacial score (nSPS) is 20.3. The Morgan fingerprint density at radius 2 is 1.81 bits per heavy atom. The predicted octanol–water partition coefficient (Wildman–Crippen LogP) is 4.06. The Morgan fingerprint density at radius 3 is 2.54 bits per heavy atom. The van der Waals surface area contributed by atoms with Crippen LogP contribution in [0, 0.1) is 5.82 Å². The summed E-state index contributed by atoms with van der Waals surface area (Å²) < 4.78 is 13.7. The molecular weight excluding hydrogens is 333 g/mol. The zero-order chi connectivity index (χ0) is 18.3. The van der Waals surface area contributed by atoms with Crippen molar-refractivity contribution in [3.63, 3.8) is 0 Å². The van der Waals surface area contributed by atoms with E-state index in [0.717, 1.165) is 5.56 Å². The van der Waals surface area contributed by atoms with Crippen molar-refractivity contribution >= 4 is 17.4 Å². The van der Waals surface area contributed by atoms with Gasteiger partial charge in [-0.05, 0) is 48.7 Å². The van der Waals surface area contributed by atoms with Gasteiger partial charge in [0.1, 0.15) is 11.6 Å². The molecule has 0 saturated heterocycles. The number of aromatic hydroxyl groups is 1. The second-order valence-corrected chi connectivity index (χ2v) is 6.69. The van der Waals surface area contributed by atoms with Crippen molar-refractivity contribution in [3.05, 3.63) is 71.2 Å². The van der Waals surface area contributed by atoms with Gasteiger partial charge in [0, 0.05) is 30.0 Å². The molecule has 0 saturated carbocycles. The van der Waals surface area contributed by atoms with Gasteiger partial charge in [-0.2, -0.15) is 0 Å². The maximum atomic E-state index is 13.7.